The van der Waals surface area contributed by atoms with E-state index >= 15 is 0 Å². The van der Waals surface area contributed by atoms with Crippen LogP contribution in [0.15, 0.2) is 60.8 Å². The number of aromatic nitrogens is 2. The summed E-state index contributed by atoms with van der Waals surface area (Å²) >= 11 is 0. The third kappa shape index (κ3) is 4.66. The minimum atomic E-state index is -0.0798. The Morgan fingerprint density at radius 1 is 1.21 bits per heavy atom. The Labute approximate surface area is 170 Å². The molecule has 2 N–H and O–H groups in total. The molecule has 1 aromatic heterocycles. The summed E-state index contributed by atoms with van der Waals surface area (Å²) in [4.78, 5) is 13.1. The second-order valence-corrected chi connectivity index (χ2v) is 7.32. The minimum Gasteiger partial charge on any atom is -0.497 e. The number of hydrogen-bond acceptors (Lipinski definition) is 4. The maximum atomic E-state index is 13.1. The smallest absolute Gasteiger partial charge is 0.255 e. The van der Waals surface area contributed by atoms with Crippen LogP contribution in [0.1, 0.15) is 28.8 Å². The average molecular weight is 390 g/mol. The number of amides is 1. The van der Waals surface area contributed by atoms with Crippen molar-refractivity contribution in [2.75, 3.05) is 20.2 Å². The molecule has 150 valence electrons. The van der Waals surface area contributed by atoms with Crippen molar-refractivity contribution in [1.82, 2.24) is 20.4 Å². The maximum absolute atomic E-state index is 13.1. The second-order valence-electron chi connectivity index (χ2n) is 7.32. The monoisotopic (exact) mass is 390 g/mol. The van der Waals surface area contributed by atoms with Gasteiger partial charge in [-0.25, -0.2) is 0 Å². The van der Waals surface area contributed by atoms with E-state index in [2.05, 4.69) is 22.8 Å². The number of ether oxygens (including phenoxy) is 1. The molecule has 2 heterocycles. The summed E-state index contributed by atoms with van der Waals surface area (Å²) in [6.45, 7) is 2.43. The standard InChI is InChI=1S/C23H26N4O2/c1-29-20-11-9-18(10-12-20)22-21(23(28)25-19-8-5-13-24-14-19)16-27(26-22)15-17-6-3-2-4-7-17/h2-4,6-7,9-12,16,19,24H,5,8,13-15H2,1H3,(H,25,28). The Morgan fingerprint density at radius 3 is 2.69 bits per heavy atom. The summed E-state index contributed by atoms with van der Waals surface area (Å²) in [7, 11) is 1.64. The molecule has 4 rings (SSSR count). The van der Waals surface area contributed by atoms with Gasteiger partial charge in [-0.05, 0) is 49.2 Å². The van der Waals surface area contributed by atoms with Crippen LogP contribution < -0.4 is 15.4 Å². The summed E-state index contributed by atoms with van der Waals surface area (Å²) in [5.74, 6) is 0.695. The van der Waals surface area contributed by atoms with Gasteiger partial charge in [-0.15, -0.1) is 0 Å². The zero-order valence-electron chi connectivity index (χ0n) is 16.6. The lowest BCUT2D eigenvalue weighted by molar-refractivity contribution is 0.0931. The third-order valence-electron chi connectivity index (χ3n) is 5.19. The van der Waals surface area contributed by atoms with Crippen molar-refractivity contribution >= 4 is 5.91 Å². The van der Waals surface area contributed by atoms with E-state index in [1.165, 1.54) is 0 Å². The van der Waals surface area contributed by atoms with Crippen LogP contribution in [0.4, 0.5) is 0 Å². The highest BCUT2D eigenvalue weighted by molar-refractivity contribution is 6.00. The van der Waals surface area contributed by atoms with Crippen molar-refractivity contribution in [2.24, 2.45) is 0 Å². The summed E-state index contributed by atoms with van der Waals surface area (Å²) in [5, 5.41) is 11.2. The second kappa shape index (κ2) is 8.92. The van der Waals surface area contributed by atoms with Crippen molar-refractivity contribution in [3.63, 3.8) is 0 Å². The first-order valence-corrected chi connectivity index (χ1v) is 10.0. The van der Waals surface area contributed by atoms with Crippen LogP contribution in [0.3, 0.4) is 0 Å². The van der Waals surface area contributed by atoms with Gasteiger partial charge in [0.15, 0.2) is 0 Å². The third-order valence-corrected chi connectivity index (χ3v) is 5.19. The van der Waals surface area contributed by atoms with E-state index in [9.17, 15) is 4.79 Å². The molecule has 1 aliphatic heterocycles. The topological polar surface area (TPSA) is 68.2 Å². The van der Waals surface area contributed by atoms with Gasteiger partial charge in [0.25, 0.3) is 5.91 Å². The number of piperidine rings is 1. The quantitative estimate of drug-likeness (QED) is 0.679. The van der Waals surface area contributed by atoms with Crippen LogP contribution in [-0.2, 0) is 6.54 Å². The zero-order valence-corrected chi connectivity index (χ0v) is 16.6. The molecule has 3 aromatic rings. The van der Waals surface area contributed by atoms with E-state index in [-0.39, 0.29) is 11.9 Å². The lowest BCUT2D eigenvalue weighted by Gasteiger charge is -2.23. The van der Waals surface area contributed by atoms with Gasteiger partial charge in [0.05, 0.1) is 19.2 Å². The van der Waals surface area contributed by atoms with Gasteiger partial charge in [0.1, 0.15) is 11.4 Å². The molecule has 1 fully saturated rings. The first kappa shape index (κ1) is 19.2. The molecular formula is C23H26N4O2. The molecule has 1 amide bonds. The molecule has 1 saturated heterocycles. The average Bonchev–Trinajstić information content (AvgIpc) is 3.19. The van der Waals surface area contributed by atoms with Gasteiger partial charge in [-0.1, -0.05) is 30.3 Å². The molecular weight excluding hydrogens is 364 g/mol. The molecule has 29 heavy (non-hydrogen) atoms. The molecule has 6 heteroatoms. The molecule has 0 bridgehead atoms. The molecule has 1 unspecified atom stereocenters. The fraction of sp³-hybridized carbons (Fsp3) is 0.304. The number of nitrogens with zero attached hydrogens (tertiary/aromatic N) is 2. The van der Waals surface area contributed by atoms with E-state index < -0.39 is 0 Å². The first-order chi connectivity index (χ1) is 14.2. The zero-order chi connectivity index (χ0) is 20.1. The number of methoxy groups -OCH3 is 1. The van der Waals surface area contributed by atoms with E-state index in [0.717, 1.165) is 42.8 Å². The van der Waals surface area contributed by atoms with Gasteiger partial charge < -0.3 is 15.4 Å². The largest absolute Gasteiger partial charge is 0.497 e. The number of hydrogen-bond donors (Lipinski definition) is 2. The molecule has 2 aromatic carbocycles. The van der Waals surface area contributed by atoms with Gasteiger partial charge in [0, 0.05) is 24.3 Å². The fourth-order valence-electron chi connectivity index (χ4n) is 3.64. The van der Waals surface area contributed by atoms with Crippen LogP contribution in [0, 0.1) is 0 Å². The van der Waals surface area contributed by atoms with Crippen molar-refractivity contribution in [1.29, 1.82) is 0 Å². The van der Waals surface area contributed by atoms with Crippen molar-refractivity contribution < 1.29 is 9.53 Å². The van der Waals surface area contributed by atoms with Crippen molar-refractivity contribution in [3.05, 3.63) is 71.9 Å². The van der Waals surface area contributed by atoms with E-state index in [4.69, 9.17) is 9.84 Å². The summed E-state index contributed by atoms with van der Waals surface area (Å²) in [6.07, 6.45) is 3.91. The predicted molar refractivity (Wildman–Crippen MR) is 113 cm³/mol. The predicted octanol–water partition coefficient (Wildman–Crippen LogP) is 3.09. The molecule has 0 aliphatic carbocycles. The highest BCUT2D eigenvalue weighted by Gasteiger charge is 2.22. The van der Waals surface area contributed by atoms with Crippen LogP contribution in [0.5, 0.6) is 5.75 Å². The normalized spacial score (nSPS) is 16.4. The highest BCUT2D eigenvalue weighted by atomic mass is 16.5. The number of nitrogens with one attached hydrogen (secondary N) is 2. The first-order valence-electron chi connectivity index (χ1n) is 10.0. The molecule has 6 nitrogen and oxygen atoms in total. The number of rotatable bonds is 6. The van der Waals surface area contributed by atoms with Crippen LogP contribution in [0.2, 0.25) is 0 Å². The van der Waals surface area contributed by atoms with Crippen LogP contribution in [0.25, 0.3) is 11.3 Å². The Bertz CT molecular complexity index is 945. The Kier molecular flexibility index (Phi) is 5.91. The van der Waals surface area contributed by atoms with Crippen LogP contribution >= 0.6 is 0 Å². The molecule has 0 radical (unpaired) electrons. The molecule has 1 atom stereocenters. The Hall–Kier alpha value is -3.12. The van der Waals surface area contributed by atoms with E-state index in [1.54, 1.807) is 7.11 Å². The highest BCUT2D eigenvalue weighted by Crippen LogP contribution is 2.25. The lowest BCUT2D eigenvalue weighted by atomic mass is 10.1. The molecule has 0 spiro atoms. The summed E-state index contributed by atoms with van der Waals surface area (Å²) in [5.41, 5.74) is 3.31. The Balaban J connectivity index is 1.63. The summed E-state index contributed by atoms with van der Waals surface area (Å²) < 4.78 is 7.09. The van der Waals surface area contributed by atoms with Crippen LogP contribution in [-0.4, -0.2) is 41.9 Å². The fourth-order valence-corrected chi connectivity index (χ4v) is 3.64. The number of benzene rings is 2. The SMILES string of the molecule is COc1ccc(-c2nn(Cc3ccccc3)cc2C(=O)NC2CCCNC2)cc1. The van der Waals surface area contributed by atoms with Gasteiger partial charge in [-0.2, -0.15) is 5.10 Å². The lowest BCUT2D eigenvalue weighted by Crippen LogP contribution is -2.45. The van der Waals surface area contributed by atoms with E-state index in [1.807, 2.05) is 53.3 Å². The minimum absolute atomic E-state index is 0.0798. The van der Waals surface area contributed by atoms with Gasteiger partial charge in [-0.3, -0.25) is 9.48 Å². The number of carbonyl (C=O) groups excluding carboxylic acids is 1. The summed E-state index contributed by atoms with van der Waals surface area (Å²) in [6, 6.07) is 17.9. The Morgan fingerprint density at radius 2 is 2.00 bits per heavy atom. The van der Waals surface area contributed by atoms with Crippen molar-refractivity contribution in [3.8, 4) is 17.0 Å². The maximum Gasteiger partial charge on any atom is 0.255 e. The van der Waals surface area contributed by atoms with E-state index in [0.29, 0.717) is 17.8 Å². The van der Waals surface area contributed by atoms with Gasteiger partial charge in [0.2, 0.25) is 0 Å². The van der Waals surface area contributed by atoms with Crippen molar-refractivity contribution in [2.45, 2.75) is 25.4 Å². The molecule has 0 saturated carbocycles. The number of carbonyl (C=O) groups is 1. The van der Waals surface area contributed by atoms with Gasteiger partial charge >= 0.3 is 0 Å². The molecule has 1 aliphatic rings.